The molecule has 23 heavy (non-hydrogen) atoms. The van der Waals surface area contributed by atoms with Crippen LogP contribution in [0.1, 0.15) is 0 Å². The lowest BCUT2D eigenvalue weighted by atomic mass is 10.3. The van der Waals surface area contributed by atoms with Crippen molar-refractivity contribution < 1.29 is 18.0 Å². The quantitative estimate of drug-likeness (QED) is 0.790. The van der Waals surface area contributed by atoms with Crippen LogP contribution >= 0.6 is 11.6 Å². The second-order valence-corrected chi connectivity index (χ2v) is 5.21. The fourth-order valence-electron chi connectivity index (χ4n) is 2.11. The number of amides is 1. The Morgan fingerprint density at radius 1 is 1.13 bits per heavy atom. The van der Waals surface area contributed by atoms with Crippen LogP contribution in [-0.2, 0) is 11.3 Å². The SMILES string of the molecule is O=C(Cn1cnc2cc(F)c(F)cc21)Nc1ccc(F)c(Cl)c1. The molecule has 1 amide bonds. The van der Waals surface area contributed by atoms with Crippen molar-refractivity contribution in [1.82, 2.24) is 9.55 Å². The molecule has 0 radical (unpaired) electrons. The van der Waals surface area contributed by atoms with E-state index in [2.05, 4.69) is 10.3 Å². The minimum atomic E-state index is -1.02. The Bertz CT molecular complexity index is 910. The van der Waals surface area contributed by atoms with Gasteiger partial charge >= 0.3 is 0 Å². The Morgan fingerprint density at radius 3 is 2.61 bits per heavy atom. The van der Waals surface area contributed by atoms with Crippen molar-refractivity contribution >= 4 is 34.2 Å². The van der Waals surface area contributed by atoms with Crippen LogP contribution in [0.4, 0.5) is 18.9 Å². The van der Waals surface area contributed by atoms with Crippen LogP contribution in [0.25, 0.3) is 11.0 Å². The van der Waals surface area contributed by atoms with E-state index in [9.17, 15) is 18.0 Å². The molecule has 0 aliphatic carbocycles. The highest BCUT2D eigenvalue weighted by molar-refractivity contribution is 6.31. The molecule has 0 saturated heterocycles. The number of carbonyl (C=O) groups is 1. The number of nitrogens with zero attached hydrogens (tertiary/aromatic N) is 2. The average Bonchev–Trinajstić information content (AvgIpc) is 2.86. The zero-order valence-corrected chi connectivity index (χ0v) is 12.2. The third kappa shape index (κ3) is 3.14. The van der Waals surface area contributed by atoms with E-state index < -0.39 is 23.4 Å². The number of aromatic nitrogens is 2. The molecule has 0 atom stereocenters. The zero-order valence-electron chi connectivity index (χ0n) is 11.5. The molecule has 0 spiro atoms. The molecular formula is C15H9ClF3N3O. The summed E-state index contributed by atoms with van der Waals surface area (Å²) in [6.45, 7) is -0.170. The maximum absolute atomic E-state index is 13.3. The van der Waals surface area contributed by atoms with E-state index in [1.165, 1.54) is 23.0 Å². The number of fused-ring (bicyclic) bond motifs is 1. The van der Waals surface area contributed by atoms with E-state index >= 15 is 0 Å². The predicted molar refractivity (Wildman–Crippen MR) is 79.7 cm³/mol. The second kappa shape index (κ2) is 5.92. The summed E-state index contributed by atoms with van der Waals surface area (Å²) >= 11 is 5.63. The Morgan fingerprint density at radius 2 is 1.87 bits per heavy atom. The Balaban J connectivity index is 1.80. The Labute approximate surface area is 133 Å². The molecule has 0 aliphatic heterocycles. The van der Waals surface area contributed by atoms with Gasteiger partial charge in [-0.25, -0.2) is 18.2 Å². The van der Waals surface area contributed by atoms with Gasteiger partial charge < -0.3 is 9.88 Å². The number of hydrogen-bond acceptors (Lipinski definition) is 2. The number of nitrogens with one attached hydrogen (secondary N) is 1. The van der Waals surface area contributed by atoms with Crippen molar-refractivity contribution in [2.24, 2.45) is 0 Å². The molecule has 3 rings (SSSR count). The van der Waals surface area contributed by atoms with Gasteiger partial charge in [0.1, 0.15) is 12.4 Å². The van der Waals surface area contributed by atoms with Crippen molar-refractivity contribution in [1.29, 1.82) is 0 Å². The number of imidazole rings is 1. The number of benzene rings is 2. The lowest BCUT2D eigenvalue weighted by molar-refractivity contribution is -0.116. The molecule has 1 heterocycles. The van der Waals surface area contributed by atoms with Crippen molar-refractivity contribution in [3.63, 3.8) is 0 Å². The van der Waals surface area contributed by atoms with Crippen LogP contribution in [0.15, 0.2) is 36.7 Å². The number of hydrogen-bond donors (Lipinski definition) is 1. The third-order valence-electron chi connectivity index (χ3n) is 3.18. The highest BCUT2D eigenvalue weighted by atomic mass is 35.5. The van der Waals surface area contributed by atoms with Gasteiger partial charge in [-0.1, -0.05) is 11.6 Å². The molecular weight excluding hydrogens is 331 g/mol. The maximum atomic E-state index is 13.3. The van der Waals surface area contributed by atoms with E-state index in [-0.39, 0.29) is 22.6 Å². The zero-order chi connectivity index (χ0) is 16.6. The van der Waals surface area contributed by atoms with E-state index in [0.29, 0.717) is 5.69 Å². The molecule has 0 unspecified atom stereocenters. The number of carbonyl (C=O) groups excluding carboxylic acids is 1. The van der Waals surface area contributed by atoms with Crippen molar-refractivity contribution in [2.45, 2.75) is 6.54 Å². The molecule has 1 aromatic heterocycles. The van der Waals surface area contributed by atoms with E-state index in [1.54, 1.807) is 0 Å². The maximum Gasteiger partial charge on any atom is 0.244 e. The van der Waals surface area contributed by atoms with Crippen LogP contribution in [0, 0.1) is 17.5 Å². The smallest absolute Gasteiger partial charge is 0.244 e. The minimum absolute atomic E-state index is 0.117. The number of halogens is 4. The first-order valence-corrected chi connectivity index (χ1v) is 6.86. The van der Waals surface area contributed by atoms with Crippen molar-refractivity contribution in [3.8, 4) is 0 Å². The van der Waals surface area contributed by atoms with Gasteiger partial charge in [0.25, 0.3) is 0 Å². The lowest BCUT2D eigenvalue weighted by Crippen LogP contribution is -2.18. The molecule has 0 saturated carbocycles. The van der Waals surface area contributed by atoms with Gasteiger partial charge in [-0.05, 0) is 18.2 Å². The predicted octanol–water partition coefficient (Wildman–Crippen LogP) is 3.75. The fraction of sp³-hybridized carbons (Fsp3) is 0.0667. The molecule has 1 N–H and O–H groups in total. The van der Waals surface area contributed by atoms with Gasteiger partial charge in [-0.3, -0.25) is 4.79 Å². The lowest BCUT2D eigenvalue weighted by Gasteiger charge is -2.07. The summed E-state index contributed by atoms with van der Waals surface area (Å²) in [4.78, 5) is 15.9. The Kier molecular flexibility index (Phi) is 3.96. The van der Waals surface area contributed by atoms with E-state index in [1.807, 2.05) is 0 Å². The minimum Gasteiger partial charge on any atom is -0.324 e. The first-order chi connectivity index (χ1) is 10.9. The number of anilines is 1. The molecule has 118 valence electrons. The first-order valence-electron chi connectivity index (χ1n) is 6.49. The molecule has 8 heteroatoms. The summed E-state index contributed by atoms with van der Waals surface area (Å²) in [6, 6.07) is 5.69. The molecule has 0 bridgehead atoms. The van der Waals surface area contributed by atoms with Gasteiger partial charge in [-0.15, -0.1) is 0 Å². The normalized spacial score (nSPS) is 11.0. The first kappa shape index (κ1) is 15.4. The van der Waals surface area contributed by atoms with Crippen LogP contribution in [-0.4, -0.2) is 15.5 Å². The molecule has 0 aliphatic rings. The highest BCUT2D eigenvalue weighted by Gasteiger charge is 2.12. The fourth-order valence-corrected chi connectivity index (χ4v) is 2.29. The van der Waals surface area contributed by atoms with Gasteiger partial charge in [0.05, 0.1) is 22.4 Å². The summed E-state index contributed by atoms with van der Waals surface area (Å²) in [5.41, 5.74) is 0.848. The molecule has 0 fully saturated rings. The summed E-state index contributed by atoms with van der Waals surface area (Å²) in [5.74, 6) is -3.07. The largest absolute Gasteiger partial charge is 0.324 e. The van der Waals surface area contributed by atoms with Crippen LogP contribution in [0.2, 0.25) is 5.02 Å². The molecule has 4 nitrogen and oxygen atoms in total. The summed E-state index contributed by atoms with van der Waals surface area (Å²) in [6.07, 6.45) is 1.31. The van der Waals surface area contributed by atoms with Crippen molar-refractivity contribution in [2.75, 3.05) is 5.32 Å². The Hall–Kier alpha value is -2.54. The van der Waals surface area contributed by atoms with Crippen LogP contribution in [0.3, 0.4) is 0 Å². The van der Waals surface area contributed by atoms with Gasteiger partial charge in [0, 0.05) is 17.8 Å². The summed E-state index contributed by atoms with van der Waals surface area (Å²) in [7, 11) is 0. The van der Waals surface area contributed by atoms with Gasteiger partial charge in [0.2, 0.25) is 5.91 Å². The van der Waals surface area contributed by atoms with Gasteiger partial charge in [-0.2, -0.15) is 0 Å². The summed E-state index contributed by atoms with van der Waals surface area (Å²) < 4.78 is 40.9. The van der Waals surface area contributed by atoms with E-state index in [0.717, 1.165) is 18.2 Å². The second-order valence-electron chi connectivity index (χ2n) is 4.80. The molecule has 3 aromatic rings. The third-order valence-corrected chi connectivity index (χ3v) is 3.47. The van der Waals surface area contributed by atoms with Gasteiger partial charge in [0.15, 0.2) is 11.6 Å². The topological polar surface area (TPSA) is 46.9 Å². The number of rotatable bonds is 3. The average molecular weight is 340 g/mol. The van der Waals surface area contributed by atoms with Crippen LogP contribution < -0.4 is 5.32 Å². The van der Waals surface area contributed by atoms with E-state index in [4.69, 9.17) is 11.6 Å². The standard InChI is InChI=1S/C15H9ClF3N3O/c16-9-3-8(1-2-10(9)17)21-15(23)6-22-7-20-13-4-11(18)12(19)5-14(13)22/h1-5,7H,6H2,(H,21,23). The van der Waals surface area contributed by atoms with Crippen molar-refractivity contribution in [3.05, 3.63) is 59.1 Å². The molecule has 2 aromatic carbocycles. The monoisotopic (exact) mass is 339 g/mol. The van der Waals surface area contributed by atoms with Crippen LogP contribution in [0.5, 0.6) is 0 Å². The highest BCUT2D eigenvalue weighted by Crippen LogP contribution is 2.20. The summed E-state index contributed by atoms with van der Waals surface area (Å²) in [5, 5.41) is 2.42.